The van der Waals surface area contributed by atoms with E-state index in [1.165, 1.54) is 4.90 Å². The van der Waals surface area contributed by atoms with Crippen molar-refractivity contribution in [3.05, 3.63) is 21.6 Å². The molecule has 2 rings (SSSR count). The van der Waals surface area contributed by atoms with E-state index < -0.39 is 4.92 Å². The SMILES string of the molecule is CC1CC(=O)N2CCNC2=C1[N+](=O)[O-]. The van der Waals surface area contributed by atoms with Crippen LogP contribution in [0.5, 0.6) is 0 Å². The zero-order valence-electron chi connectivity index (χ0n) is 7.82. The fourth-order valence-corrected chi connectivity index (χ4v) is 1.94. The molecule has 0 aromatic rings. The molecule has 1 N–H and O–H groups in total. The molecule has 0 radical (unpaired) electrons. The predicted molar refractivity (Wildman–Crippen MR) is 47.5 cm³/mol. The molecule has 0 aliphatic carbocycles. The Hall–Kier alpha value is -1.59. The Bertz CT molecular complexity index is 337. The van der Waals surface area contributed by atoms with E-state index in [9.17, 15) is 14.9 Å². The van der Waals surface area contributed by atoms with Gasteiger partial charge >= 0.3 is 0 Å². The molecule has 0 aromatic carbocycles. The number of carbonyl (C=O) groups excluding carboxylic acids is 1. The van der Waals surface area contributed by atoms with Crippen LogP contribution < -0.4 is 5.32 Å². The van der Waals surface area contributed by atoms with E-state index in [2.05, 4.69) is 5.32 Å². The summed E-state index contributed by atoms with van der Waals surface area (Å²) in [6.45, 7) is 2.85. The Morgan fingerprint density at radius 1 is 1.64 bits per heavy atom. The van der Waals surface area contributed by atoms with Crippen LogP contribution in [-0.4, -0.2) is 28.8 Å². The first kappa shape index (κ1) is 8.98. The van der Waals surface area contributed by atoms with Gasteiger partial charge in [-0.3, -0.25) is 19.8 Å². The van der Waals surface area contributed by atoms with Gasteiger partial charge in [-0.05, 0) is 0 Å². The van der Waals surface area contributed by atoms with E-state index in [4.69, 9.17) is 0 Å². The highest BCUT2D eigenvalue weighted by Crippen LogP contribution is 2.28. The topological polar surface area (TPSA) is 75.5 Å². The van der Waals surface area contributed by atoms with Crippen molar-refractivity contribution in [1.82, 2.24) is 10.2 Å². The van der Waals surface area contributed by atoms with Gasteiger partial charge < -0.3 is 5.32 Å². The van der Waals surface area contributed by atoms with Crippen LogP contribution in [0, 0.1) is 16.0 Å². The van der Waals surface area contributed by atoms with Crippen molar-refractivity contribution in [3.63, 3.8) is 0 Å². The highest BCUT2D eigenvalue weighted by molar-refractivity contribution is 5.80. The maximum Gasteiger partial charge on any atom is 0.289 e. The number of fused-ring (bicyclic) bond motifs is 1. The summed E-state index contributed by atoms with van der Waals surface area (Å²) >= 11 is 0. The van der Waals surface area contributed by atoms with Crippen molar-refractivity contribution in [2.24, 2.45) is 5.92 Å². The van der Waals surface area contributed by atoms with E-state index in [1.807, 2.05) is 0 Å². The minimum Gasteiger partial charge on any atom is -0.364 e. The van der Waals surface area contributed by atoms with Gasteiger partial charge in [-0.15, -0.1) is 0 Å². The lowest BCUT2D eigenvalue weighted by molar-refractivity contribution is -0.436. The molecule has 1 unspecified atom stereocenters. The summed E-state index contributed by atoms with van der Waals surface area (Å²) in [6.07, 6.45) is 0.238. The second-order valence-corrected chi connectivity index (χ2v) is 3.57. The van der Waals surface area contributed by atoms with Crippen LogP contribution in [0.2, 0.25) is 0 Å². The second-order valence-electron chi connectivity index (χ2n) is 3.57. The summed E-state index contributed by atoms with van der Waals surface area (Å²) in [6, 6.07) is 0. The van der Waals surface area contributed by atoms with Gasteiger partial charge in [0.1, 0.15) is 0 Å². The average molecular weight is 197 g/mol. The van der Waals surface area contributed by atoms with Crippen molar-refractivity contribution in [3.8, 4) is 0 Å². The normalized spacial score (nSPS) is 26.2. The summed E-state index contributed by atoms with van der Waals surface area (Å²) in [5.41, 5.74) is 0.141. The first-order valence-electron chi connectivity index (χ1n) is 4.54. The molecular weight excluding hydrogens is 186 g/mol. The Morgan fingerprint density at radius 2 is 2.36 bits per heavy atom. The Kier molecular flexibility index (Phi) is 1.90. The van der Waals surface area contributed by atoms with Crippen molar-refractivity contribution >= 4 is 5.91 Å². The molecule has 2 aliphatic heterocycles. The molecule has 76 valence electrons. The molecule has 1 saturated heterocycles. The number of amides is 1. The van der Waals surface area contributed by atoms with Crippen LogP contribution in [0.1, 0.15) is 13.3 Å². The summed E-state index contributed by atoms with van der Waals surface area (Å²) < 4.78 is 0. The molecular formula is C8H11N3O3. The van der Waals surface area contributed by atoms with Gasteiger partial charge in [0.15, 0.2) is 5.82 Å². The van der Waals surface area contributed by atoms with Crippen LogP contribution in [0.15, 0.2) is 11.5 Å². The summed E-state index contributed by atoms with van der Waals surface area (Å²) in [7, 11) is 0. The van der Waals surface area contributed by atoms with Crippen LogP contribution in [0.3, 0.4) is 0 Å². The van der Waals surface area contributed by atoms with E-state index in [0.29, 0.717) is 18.9 Å². The highest BCUT2D eigenvalue weighted by atomic mass is 16.6. The first-order chi connectivity index (χ1) is 6.61. The van der Waals surface area contributed by atoms with Gasteiger partial charge in [-0.25, -0.2) is 0 Å². The Morgan fingerprint density at radius 3 is 3.00 bits per heavy atom. The average Bonchev–Trinajstić information content (AvgIpc) is 2.51. The second kappa shape index (κ2) is 2.97. The van der Waals surface area contributed by atoms with Crippen molar-refractivity contribution in [2.45, 2.75) is 13.3 Å². The molecule has 1 amide bonds. The molecule has 6 nitrogen and oxygen atoms in total. The quantitative estimate of drug-likeness (QED) is 0.470. The smallest absolute Gasteiger partial charge is 0.289 e. The van der Waals surface area contributed by atoms with E-state index in [-0.39, 0.29) is 23.9 Å². The third-order valence-electron chi connectivity index (χ3n) is 2.59. The number of nitrogens with zero attached hydrogens (tertiary/aromatic N) is 2. The molecule has 0 spiro atoms. The third-order valence-corrected chi connectivity index (χ3v) is 2.59. The minimum absolute atomic E-state index is 0.0249. The van der Waals surface area contributed by atoms with Crippen LogP contribution in [0.4, 0.5) is 0 Å². The third kappa shape index (κ3) is 1.14. The number of hydrogen-bond acceptors (Lipinski definition) is 4. The number of nitrogens with one attached hydrogen (secondary N) is 1. The molecule has 0 saturated carbocycles. The zero-order chi connectivity index (χ0) is 10.3. The summed E-state index contributed by atoms with van der Waals surface area (Å²) in [5, 5.41) is 13.7. The van der Waals surface area contributed by atoms with Gasteiger partial charge in [0.05, 0.1) is 10.8 Å². The lowest BCUT2D eigenvalue weighted by atomic mass is 9.99. The van der Waals surface area contributed by atoms with Gasteiger partial charge in [0, 0.05) is 19.5 Å². The standard InChI is InChI=1S/C8H11N3O3/c1-5-4-6(12)10-3-2-9-8(10)7(5)11(13)14/h5,9H,2-4H2,1H3. The molecule has 14 heavy (non-hydrogen) atoms. The Labute approximate surface area is 80.7 Å². The Balaban J connectivity index is 2.46. The van der Waals surface area contributed by atoms with Crippen molar-refractivity contribution in [2.75, 3.05) is 13.1 Å². The van der Waals surface area contributed by atoms with E-state index in [0.717, 1.165) is 0 Å². The maximum atomic E-state index is 11.5. The largest absolute Gasteiger partial charge is 0.364 e. The predicted octanol–water partition coefficient (Wildman–Crippen LogP) is -0.0962. The van der Waals surface area contributed by atoms with Gasteiger partial charge in [0.25, 0.3) is 5.70 Å². The lowest BCUT2D eigenvalue weighted by Crippen LogP contribution is -2.37. The molecule has 2 aliphatic rings. The zero-order valence-corrected chi connectivity index (χ0v) is 7.82. The number of nitro groups is 1. The van der Waals surface area contributed by atoms with Gasteiger partial charge in [0.2, 0.25) is 5.91 Å². The lowest BCUT2D eigenvalue weighted by Gasteiger charge is -2.24. The first-order valence-corrected chi connectivity index (χ1v) is 4.54. The molecule has 0 aromatic heterocycles. The van der Waals surface area contributed by atoms with Gasteiger partial charge in [-0.1, -0.05) is 6.92 Å². The van der Waals surface area contributed by atoms with Crippen LogP contribution in [-0.2, 0) is 4.79 Å². The highest BCUT2D eigenvalue weighted by Gasteiger charge is 2.40. The van der Waals surface area contributed by atoms with E-state index in [1.54, 1.807) is 6.92 Å². The monoisotopic (exact) mass is 197 g/mol. The molecule has 1 atom stereocenters. The fraction of sp³-hybridized carbons (Fsp3) is 0.625. The molecule has 0 bridgehead atoms. The number of carbonyl (C=O) groups is 1. The van der Waals surface area contributed by atoms with Crippen LogP contribution in [0.25, 0.3) is 0 Å². The number of hydrogen-bond donors (Lipinski definition) is 1. The summed E-state index contributed by atoms with van der Waals surface area (Å²) in [4.78, 5) is 23.3. The van der Waals surface area contributed by atoms with E-state index >= 15 is 0 Å². The number of rotatable bonds is 1. The van der Waals surface area contributed by atoms with Gasteiger partial charge in [-0.2, -0.15) is 0 Å². The fourth-order valence-electron chi connectivity index (χ4n) is 1.94. The molecule has 6 heteroatoms. The van der Waals surface area contributed by atoms with Crippen molar-refractivity contribution < 1.29 is 9.72 Å². The van der Waals surface area contributed by atoms with Crippen LogP contribution >= 0.6 is 0 Å². The molecule has 2 heterocycles. The minimum atomic E-state index is -0.391. The summed E-state index contributed by atoms with van der Waals surface area (Å²) in [5.74, 6) is 0.0798. The maximum absolute atomic E-state index is 11.5. The number of allylic oxidation sites excluding steroid dienone is 1. The molecule has 1 fully saturated rings. The van der Waals surface area contributed by atoms with Crippen molar-refractivity contribution in [1.29, 1.82) is 0 Å².